The molecule has 0 fully saturated rings. The number of methoxy groups -OCH3 is 1. The maximum atomic E-state index is 12.8. The minimum absolute atomic E-state index is 0.0415. The van der Waals surface area contributed by atoms with Gasteiger partial charge in [0.2, 0.25) is 0 Å². The van der Waals surface area contributed by atoms with Crippen LogP contribution in [-0.4, -0.2) is 18.0 Å². The third kappa shape index (κ3) is 4.28. The molecule has 0 amide bonds. The summed E-state index contributed by atoms with van der Waals surface area (Å²) in [6.45, 7) is 0. The Morgan fingerprint density at radius 1 is 1.10 bits per heavy atom. The van der Waals surface area contributed by atoms with Crippen LogP contribution in [0.3, 0.4) is 0 Å². The third-order valence-corrected chi connectivity index (χ3v) is 5.07. The lowest BCUT2D eigenvalue weighted by Crippen LogP contribution is -2.17. The van der Waals surface area contributed by atoms with Crippen LogP contribution >= 0.6 is 0 Å². The lowest BCUT2D eigenvalue weighted by molar-refractivity contribution is -0.114. The number of para-hydroxylation sites is 1. The first-order valence-electron chi connectivity index (χ1n) is 9.70. The fourth-order valence-corrected chi connectivity index (χ4v) is 3.51. The van der Waals surface area contributed by atoms with Crippen molar-refractivity contribution in [1.29, 1.82) is 0 Å². The zero-order valence-corrected chi connectivity index (χ0v) is 16.8. The van der Waals surface area contributed by atoms with Crippen LogP contribution in [0.2, 0.25) is 0 Å². The highest BCUT2D eigenvalue weighted by atomic mass is 16.5. The van der Waals surface area contributed by atoms with Gasteiger partial charge in [-0.25, -0.2) is 4.79 Å². The topological polar surface area (TPSA) is 89.9 Å². The molecule has 0 radical (unpaired) electrons. The number of aromatic hydroxyl groups is 1. The van der Waals surface area contributed by atoms with Gasteiger partial charge in [-0.3, -0.25) is 4.79 Å². The maximum Gasteiger partial charge on any atom is 0.343 e. The highest BCUT2D eigenvalue weighted by molar-refractivity contribution is 5.94. The summed E-state index contributed by atoms with van der Waals surface area (Å²) in [5.74, 6) is 0.0592. The number of fused-ring (bicyclic) bond motifs is 1. The second-order valence-electron chi connectivity index (χ2n) is 6.99. The first kappa shape index (κ1) is 20.2. The van der Waals surface area contributed by atoms with Gasteiger partial charge in [0.05, 0.1) is 24.3 Å². The minimum Gasteiger partial charge on any atom is -0.507 e. The summed E-state index contributed by atoms with van der Waals surface area (Å²) in [4.78, 5) is 25.6. The van der Waals surface area contributed by atoms with E-state index < -0.39 is 11.5 Å². The number of hydrogen-bond donors (Lipinski definition) is 1. The van der Waals surface area contributed by atoms with Crippen molar-refractivity contribution in [3.8, 4) is 11.5 Å². The molecule has 0 saturated carbocycles. The third-order valence-electron chi connectivity index (χ3n) is 5.07. The van der Waals surface area contributed by atoms with Crippen molar-refractivity contribution < 1.29 is 23.5 Å². The van der Waals surface area contributed by atoms with E-state index in [0.717, 1.165) is 0 Å². The molecule has 156 valence electrons. The largest absolute Gasteiger partial charge is 0.507 e. The Hall–Kier alpha value is -4.06. The Balaban J connectivity index is 1.78. The van der Waals surface area contributed by atoms with Crippen LogP contribution in [0, 0.1) is 0 Å². The van der Waals surface area contributed by atoms with Gasteiger partial charge in [0.15, 0.2) is 5.78 Å². The van der Waals surface area contributed by atoms with Crippen LogP contribution in [0.25, 0.3) is 17.0 Å². The molecule has 4 rings (SSSR count). The average Bonchev–Trinajstić information content (AvgIpc) is 3.31. The summed E-state index contributed by atoms with van der Waals surface area (Å²) in [6, 6.07) is 17.2. The van der Waals surface area contributed by atoms with Crippen LogP contribution < -0.4 is 10.4 Å². The molecule has 0 bridgehead atoms. The molecule has 2 aromatic heterocycles. The van der Waals surface area contributed by atoms with Gasteiger partial charge in [0.25, 0.3) is 0 Å². The molecule has 1 atom stereocenters. The quantitative estimate of drug-likeness (QED) is 0.340. The Bertz CT molecular complexity index is 1280. The van der Waals surface area contributed by atoms with Gasteiger partial charge in [0, 0.05) is 12.3 Å². The lowest BCUT2D eigenvalue weighted by atomic mass is 9.86. The number of ether oxygens (including phenoxy) is 1. The van der Waals surface area contributed by atoms with Crippen molar-refractivity contribution in [2.75, 3.05) is 7.11 Å². The fourth-order valence-electron chi connectivity index (χ4n) is 3.51. The fraction of sp³-hybridized carbons (Fsp3) is 0.120. The Kier molecular flexibility index (Phi) is 5.71. The van der Waals surface area contributed by atoms with Gasteiger partial charge in [-0.15, -0.1) is 0 Å². The predicted octanol–water partition coefficient (Wildman–Crippen LogP) is 4.90. The molecule has 1 N–H and O–H groups in total. The number of furan rings is 1. The zero-order valence-electron chi connectivity index (χ0n) is 16.8. The lowest BCUT2D eigenvalue weighted by Gasteiger charge is -2.18. The summed E-state index contributed by atoms with van der Waals surface area (Å²) < 4.78 is 15.9. The number of ketones is 1. The van der Waals surface area contributed by atoms with E-state index in [-0.39, 0.29) is 29.1 Å². The second-order valence-corrected chi connectivity index (χ2v) is 6.99. The normalized spacial score (nSPS) is 12.3. The summed E-state index contributed by atoms with van der Waals surface area (Å²) in [5, 5.41) is 11.3. The maximum absolute atomic E-state index is 12.8. The van der Waals surface area contributed by atoms with E-state index in [4.69, 9.17) is 13.6 Å². The Morgan fingerprint density at radius 3 is 2.58 bits per heavy atom. The number of hydrogen-bond acceptors (Lipinski definition) is 6. The molecule has 1 unspecified atom stereocenters. The van der Waals surface area contributed by atoms with E-state index in [0.29, 0.717) is 22.5 Å². The summed E-state index contributed by atoms with van der Waals surface area (Å²) in [5.41, 5.74) is 0.327. The van der Waals surface area contributed by atoms with Crippen LogP contribution in [-0.2, 0) is 4.79 Å². The second kappa shape index (κ2) is 8.75. The van der Waals surface area contributed by atoms with Gasteiger partial charge < -0.3 is 18.7 Å². The van der Waals surface area contributed by atoms with E-state index in [1.54, 1.807) is 73.8 Å². The molecule has 0 spiro atoms. The van der Waals surface area contributed by atoms with Crippen LogP contribution in [0.1, 0.15) is 29.2 Å². The van der Waals surface area contributed by atoms with Crippen molar-refractivity contribution in [1.82, 2.24) is 0 Å². The van der Waals surface area contributed by atoms with Crippen molar-refractivity contribution in [2.45, 2.75) is 12.3 Å². The average molecular weight is 416 g/mol. The van der Waals surface area contributed by atoms with Crippen molar-refractivity contribution in [3.63, 3.8) is 0 Å². The van der Waals surface area contributed by atoms with Crippen molar-refractivity contribution >= 4 is 22.8 Å². The van der Waals surface area contributed by atoms with Crippen molar-refractivity contribution in [2.24, 2.45) is 0 Å². The van der Waals surface area contributed by atoms with Gasteiger partial charge in [-0.2, -0.15) is 0 Å². The van der Waals surface area contributed by atoms with Gasteiger partial charge in [-0.05, 0) is 54.1 Å². The van der Waals surface area contributed by atoms with Gasteiger partial charge in [-0.1, -0.05) is 24.3 Å². The molecule has 0 saturated heterocycles. The molecular weight excluding hydrogens is 396 g/mol. The Morgan fingerprint density at radius 2 is 1.87 bits per heavy atom. The number of allylic oxidation sites excluding steroid dienone is 1. The minimum atomic E-state index is -0.708. The van der Waals surface area contributed by atoms with Crippen molar-refractivity contribution in [3.05, 3.63) is 100 Å². The summed E-state index contributed by atoms with van der Waals surface area (Å²) in [6.07, 6.45) is 4.44. The first-order valence-corrected chi connectivity index (χ1v) is 9.70. The van der Waals surface area contributed by atoms with Crippen LogP contribution in [0.15, 0.2) is 86.6 Å². The molecule has 2 heterocycles. The van der Waals surface area contributed by atoms with Gasteiger partial charge >= 0.3 is 5.63 Å². The smallest absolute Gasteiger partial charge is 0.343 e. The zero-order chi connectivity index (χ0) is 21.8. The van der Waals surface area contributed by atoms with E-state index >= 15 is 0 Å². The standard InChI is InChI=1S/C25H20O6/c1-29-18-11-8-16(9-12-18)21(15-17(26)10-13-19-5-4-14-30-19)23-24(27)20-6-2-3-7-22(20)31-25(23)28/h2-14,21,27H,15H2,1H3/b13-10+. The molecule has 31 heavy (non-hydrogen) atoms. The van der Waals surface area contributed by atoms with Gasteiger partial charge in [0.1, 0.15) is 22.8 Å². The monoisotopic (exact) mass is 416 g/mol. The molecule has 6 heteroatoms. The van der Waals surface area contributed by atoms with E-state index in [9.17, 15) is 14.7 Å². The number of rotatable bonds is 7. The highest BCUT2D eigenvalue weighted by Crippen LogP contribution is 2.36. The molecule has 0 aliphatic rings. The molecule has 2 aromatic carbocycles. The molecular formula is C25H20O6. The molecule has 0 aliphatic carbocycles. The van der Waals surface area contributed by atoms with E-state index in [1.165, 1.54) is 12.3 Å². The number of benzene rings is 2. The number of carbonyl (C=O) groups is 1. The van der Waals surface area contributed by atoms with E-state index in [2.05, 4.69) is 0 Å². The molecule has 6 nitrogen and oxygen atoms in total. The molecule has 0 aliphatic heterocycles. The van der Waals surface area contributed by atoms with E-state index in [1.807, 2.05) is 0 Å². The first-order chi connectivity index (χ1) is 15.1. The summed E-state index contributed by atoms with van der Waals surface area (Å²) in [7, 11) is 1.55. The van der Waals surface area contributed by atoms with Crippen LogP contribution in [0.4, 0.5) is 0 Å². The highest BCUT2D eigenvalue weighted by Gasteiger charge is 2.26. The Labute approximate surface area is 178 Å². The molecule has 4 aromatic rings. The van der Waals surface area contributed by atoms with Crippen LogP contribution in [0.5, 0.6) is 11.5 Å². The number of carbonyl (C=O) groups excluding carboxylic acids is 1. The summed E-state index contributed by atoms with van der Waals surface area (Å²) >= 11 is 0. The predicted molar refractivity (Wildman–Crippen MR) is 116 cm³/mol. The SMILES string of the molecule is COc1ccc(C(CC(=O)/C=C/c2ccco2)c2c(O)c3ccccc3oc2=O)cc1.